The molecule has 2 nitrogen and oxygen atoms in total. The second-order valence-electron chi connectivity index (χ2n) is 4.06. The number of aromatic nitrogens is 1. The highest BCUT2D eigenvalue weighted by atomic mass is 32.1. The largest absolute Gasteiger partial charge is 0.390 e. The lowest BCUT2D eigenvalue weighted by atomic mass is 10.1. The fraction of sp³-hybridized carbons (Fsp3) is 0.364. The molecule has 1 aliphatic rings. The van der Waals surface area contributed by atoms with Crippen LogP contribution in [-0.2, 0) is 6.42 Å². The Morgan fingerprint density at radius 3 is 3.07 bits per heavy atom. The third-order valence-electron chi connectivity index (χ3n) is 2.76. The van der Waals surface area contributed by atoms with Crippen LogP contribution in [0.5, 0.6) is 0 Å². The molecule has 1 aromatic heterocycles. The average Bonchev–Trinajstić information content (AvgIpc) is 2.73. The van der Waals surface area contributed by atoms with E-state index in [2.05, 4.69) is 23.2 Å². The zero-order valence-electron chi connectivity index (χ0n) is 7.73. The zero-order valence-corrected chi connectivity index (χ0v) is 8.55. The van der Waals surface area contributed by atoms with E-state index in [0.29, 0.717) is 0 Å². The molecule has 3 heteroatoms. The molecule has 1 aliphatic carbocycles. The molecule has 3 rings (SSSR count). The molecule has 0 saturated heterocycles. The van der Waals surface area contributed by atoms with Gasteiger partial charge in [0.1, 0.15) is 0 Å². The number of nitrogens with zero attached hydrogens (tertiary/aromatic N) is 1. The van der Waals surface area contributed by atoms with Gasteiger partial charge in [-0.2, -0.15) is 0 Å². The fourth-order valence-corrected chi connectivity index (χ4v) is 2.37. The number of benzene rings is 1. The van der Waals surface area contributed by atoms with Gasteiger partial charge < -0.3 is 5.11 Å². The maximum atomic E-state index is 9.79. The lowest BCUT2D eigenvalue weighted by Crippen LogP contribution is -2.10. The van der Waals surface area contributed by atoms with Crippen molar-refractivity contribution in [3.8, 4) is 0 Å². The van der Waals surface area contributed by atoms with Crippen molar-refractivity contribution in [1.29, 1.82) is 0 Å². The van der Waals surface area contributed by atoms with Gasteiger partial charge in [0.2, 0.25) is 0 Å². The van der Waals surface area contributed by atoms with Crippen LogP contribution in [0.4, 0.5) is 0 Å². The molecule has 0 unspecified atom stereocenters. The van der Waals surface area contributed by atoms with Crippen molar-refractivity contribution in [2.45, 2.75) is 24.9 Å². The Morgan fingerprint density at radius 2 is 2.29 bits per heavy atom. The number of hydrogen-bond donors (Lipinski definition) is 1. The van der Waals surface area contributed by atoms with E-state index in [1.807, 2.05) is 5.51 Å². The molecule has 0 atom stereocenters. The lowest BCUT2D eigenvalue weighted by molar-refractivity contribution is 0.151. The standard InChI is InChI=1S/C11H11NOS/c13-11(3-4-11)6-8-1-2-10-9(5-8)12-7-14-10/h1-2,5,7,13H,3-4,6H2. The minimum absolute atomic E-state index is 0.399. The van der Waals surface area contributed by atoms with Crippen LogP contribution in [0.3, 0.4) is 0 Å². The highest BCUT2D eigenvalue weighted by Crippen LogP contribution is 2.38. The van der Waals surface area contributed by atoms with Gasteiger partial charge in [0.05, 0.1) is 21.3 Å². The monoisotopic (exact) mass is 205 g/mol. The zero-order chi connectivity index (χ0) is 9.60. The van der Waals surface area contributed by atoms with Crippen LogP contribution in [0.2, 0.25) is 0 Å². The molecular weight excluding hydrogens is 194 g/mol. The summed E-state index contributed by atoms with van der Waals surface area (Å²) in [6.07, 6.45) is 2.67. The van der Waals surface area contributed by atoms with E-state index < -0.39 is 5.60 Å². The Labute approximate surface area is 86.2 Å². The van der Waals surface area contributed by atoms with E-state index in [0.717, 1.165) is 24.8 Å². The van der Waals surface area contributed by atoms with Crippen LogP contribution >= 0.6 is 11.3 Å². The minimum Gasteiger partial charge on any atom is -0.390 e. The van der Waals surface area contributed by atoms with E-state index in [-0.39, 0.29) is 0 Å². The van der Waals surface area contributed by atoms with Gasteiger partial charge in [0, 0.05) is 6.42 Å². The number of aliphatic hydroxyl groups is 1. The molecule has 0 spiro atoms. The second-order valence-corrected chi connectivity index (χ2v) is 4.94. The van der Waals surface area contributed by atoms with Crippen LogP contribution in [-0.4, -0.2) is 15.7 Å². The van der Waals surface area contributed by atoms with Crippen LogP contribution < -0.4 is 0 Å². The van der Waals surface area contributed by atoms with Gasteiger partial charge in [-0.3, -0.25) is 0 Å². The Morgan fingerprint density at radius 1 is 1.43 bits per heavy atom. The van der Waals surface area contributed by atoms with Crippen LogP contribution in [0.1, 0.15) is 18.4 Å². The summed E-state index contributed by atoms with van der Waals surface area (Å²) in [6.45, 7) is 0. The van der Waals surface area contributed by atoms with Crippen LogP contribution in [0.25, 0.3) is 10.2 Å². The number of hydrogen-bond acceptors (Lipinski definition) is 3. The summed E-state index contributed by atoms with van der Waals surface area (Å²) in [5, 5.41) is 9.79. The molecule has 1 heterocycles. The smallest absolute Gasteiger partial charge is 0.0814 e. The second kappa shape index (κ2) is 2.78. The van der Waals surface area contributed by atoms with Gasteiger partial charge in [0.25, 0.3) is 0 Å². The average molecular weight is 205 g/mol. The first-order valence-corrected chi connectivity index (χ1v) is 5.68. The Kier molecular flexibility index (Phi) is 1.66. The predicted molar refractivity (Wildman–Crippen MR) is 57.5 cm³/mol. The summed E-state index contributed by atoms with van der Waals surface area (Å²) in [7, 11) is 0. The molecule has 2 aromatic rings. The summed E-state index contributed by atoms with van der Waals surface area (Å²) >= 11 is 1.66. The van der Waals surface area contributed by atoms with Gasteiger partial charge in [-0.25, -0.2) is 4.98 Å². The van der Waals surface area contributed by atoms with Crippen molar-refractivity contribution >= 4 is 21.6 Å². The minimum atomic E-state index is -0.399. The highest BCUT2D eigenvalue weighted by molar-refractivity contribution is 7.16. The summed E-state index contributed by atoms with van der Waals surface area (Å²) in [5.74, 6) is 0. The maximum absolute atomic E-state index is 9.79. The van der Waals surface area contributed by atoms with E-state index in [4.69, 9.17) is 0 Å². The molecule has 0 amide bonds. The molecular formula is C11H11NOS. The number of rotatable bonds is 2. The van der Waals surface area contributed by atoms with Gasteiger partial charge in [-0.1, -0.05) is 6.07 Å². The van der Waals surface area contributed by atoms with Crippen molar-refractivity contribution in [3.63, 3.8) is 0 Å². The third kappa shape index (κ3) is 1.42. The van der Waals surface area contributed by atoms with Gasteiger partial charge in [0.15, 0.2) is 0 Å². The predicted octanol–water partition coefficient (Wildman–Crippen LogP) is 2.36. The molecule has 1 aromatic carbocycles. The molecule has 0 radical (unpaired) electrons. The maximum Gasteiger partial charge on any atom is 0.0814 e. The fourth-order valence-electron chi connectivity index (χ4n) is 1.71. The van der Waals surface area contributed by atoms with Crippen LogP contribution in [0.15, 0.2) is 23.7 Å². The van der Waals surface area contributed by atoms with E-state index in [1.165, 1.54) is 10.3 Å². The topological polar surface area (TPSA) is 33.1 Å². The quantitative estimate of drug-likeness (QED) is 0.816. The van der Waals surface area contributed by atoms with Crippen molar-refractivity contribution in [2.24, 2.45) is 0 Å². The summed E-state index contributed by atoms with van der Waals surface area (Å²) in [6, 6.07) is 6.27. The van der Waals surface area contributed by atoms with Crippen molar-refractivity contribution in [3.05, 3.63) is 29.3 Å². The van der Waals surface area contributed by atoms with Crippen molar-refractivity contribution in [2.75, 3.05) is 0 Å². The van der Waals surface area contributed by atoms with Gasteiger partial charge in [-0.15, -0.1) is 11.3 Å². The van der Waals surface area contributed by atoms with E-state index in [9.17, 15) is 5.11 Å². The Hall–Kier alpha value is -0.930. The Bertz CT molecular complexity index is 473. The first-order valence-electron chi connectivity index (χ1n) is 4.80. The summed E-state index contributed by atoms with van der Waals surface area (Å²) in [4.78, 5) is 4.27. The molecule has 72 valence electrons. The van der Waals surface area contributed by atoms with E-state index in [1.54, 1.807) is 11.3 Å². The van der Waals surface area contributed by atoms with Gasteiger partial charge in [-0.05, 0) is 30.5 Å². The summed E-state index contributed by atoms with van der Waals surface area (Å²) < 4.78 is 1.22. The van der Waals surface area contributed by atoms with Crippen molar-refractivity contribution < 1.29 is 5.11 Å². The molecule has 1 fully saturated rings. The molecule has 1 N–H and O–H groups in total. The first-order chi connectivity index (χ1) is 6.75. The lowest BCUT2D eigenvalue weighted by Gasteiger charge is -2.06. The highest BCUT2D eigenvalue weighted by Gasteiger charge is 2.40. The van der Waals surface area contributed by atoms with Crippen LogP contribution in [0, 0.1) is 0 Å². The third-order valence-corrected chi connectivity index (χ3v) is 3.57. The first kappa shape index (κ1) is 8.38. The van der Waals surface area contributed by atoms with Crippen molar-refractivity contribution in [1.82, 2.24) is 4.98 Å². The van der Waals surface area contributed by atoms with Gasteiger partial charge >= 0.3 is 0 Å². The SMILES string of the molecule is OC1(Cc2ccc3scnc3c2)CC1. The Balaban J connectivity index is 1.97. The number of fused-ring (bicyclic) bond motifs is 1. The normalized spacial score (nSPS) is 18.6. The molecule has 14 heavy (non-hydrogen) atoms. The molecule has 0 bridgehead atoms. The summed E-state index contributed by atoms with van der Waals surface area (Å²) in [5.41, 5.74) is 3.71. The van der Waals surface area contributed by atoms with E-state index >= 15 is 0 Å². The number of thiazole rings is 1. The molecule has 1 saturated carbocycles. The molecule has 0 aliphatic heterocycles.